The molecule has 1 heterocycles. The van der Waals surface area contributed by atoms with Gasteiger partial charge in [-0.3, -0.25) is 4.79 Å². The van der Waals surface area contributed by atoms with Crippen LogP contribution in [0, 0.1) is 6.92 Å². The fourth-order valence-electron chi connectivity index (χ4n) is 1.21. The number of ether oxygens (including phenoxy) is 1. The van der Waals surface area contributed by atoms with Crippen LogP contribution in [0.4, 0.5) is 5.69 Å². The summed E-state index contributed by atoms with van der Waals surface area (Å²) >= 11 is 3.30. The highest BCUT2D eigenvalue weighted by atomic mass is 79.9. The Balaban J connectivity index is 2.37. The van der Waals surface area contributed by atoms with Gasteiger partial charge in [-0.25, -0.2) is 4.98 Å². The van der Waals surface area contributed by atoms with E-state index in [1.54, 1.807) is 13.3 Å². The maximum atomic E-state index is 11.5. The maximum absolute atomic E-state index is 11.5. The van der Waals surface area contributed by atoms with Gasteiger partial charge in [0.25, 0.3) is 0 Å². The molecule has 6 heteroatoms. The van der Waals surface area contributed by atoms with E-state index >= 15 is 0 Å². The van der Waals surface area contributed by atoms with Crippen LogP contribution in [0.25, 0.3) is 0 Å². The molecule has 0 aliphatic rings. The number of nitrogens with zero attached hydrogens (tertiary/aromatic N) is 1. The number of carbonyl (C=O) groups excluding carboxylic acids is 1. The van der Waals surface area contributed by atoms with E-state index in [9.17, 15) is 4.79 Å². The Morgan fingerprint density at radius 3 is 3.00 bits per heavy atom. The number of methoxy groups -OCH3 is 1. The molecular weight excluding hydrogens is 286 g/mol. The Morgan fingerprint density at radius 2 is 2.35 bits per heavy atom. The van der Waals surface area contributed by atoms with Gasteiger partial charge in [0.1, 0.15) is 4.60 Å². The lowest BCUT2D eigenvalue weighted by Gasteiger charge is -2.07. The molecule has 0 bridgehead atoms. The predicted octanol–water partition coefficient (Wildman–Crippen LogP) is 1.33. The van der Waals surface area contributed by atoms with Crippen LogP contribution in [0.1, 0.15) is 5.56 Å². The van der Waals surface area contributed by atoms with Crippen molar-refractivity contribution in [2.75, 3.05) is 32.1 Å². The van der Waals surface area contributed by atoms with Crippen LogP contribution in [0.5, 0.6) is 0 Å². The quantitative estimate of drug-likeness (QED) is 0.615. The van der Waals surface area contributed by atoms with E-state index in [1.165, 1.54) is 0 Å². The first kappa shape index (κ1) is 14.1. The van der Waals surface area contributed by atoms with E-state index in [-0.39, 0.29) is 12.5 Å². The average Bonchev–Trinajstić information content (AvgIpc) is 2.30. The Morgan fingerprint density at radius 1 is 1.59 bits per heavy atom. The van der Waals surface area contributed by atoms with E-state index in [4.69, 9.17) is 4.74 Å². The minimum absolute atomic E-state index is 0.0929. The molecule has 0 aliphatic carbocycles. The second-order valence-electron chi connectivity index (χ2n) is 3.55. The molecular formula is C11H16BrN3O2. The molecule has 0 atom stereocenters. The monoisotopic (exact) mass is 301 g/mol. The smallest absolute Gasteiger partial charge is 0.238 e. The van der Waals surface area contributed by atoms with Gasteiger partial charge in [-0.2, -0.15) is 0 Å². The summed E-state index contributed by atoms with van der Waals surface area (Å²) in [5, 5.41) is 5.73. The third kappa shape index (κ3) is 5.25. The number of nitrogens with one attached hydrogen (secondary N) is 2. The molecule has 0 radical (unpaired) electrons. The van der Waals surface area contributed by atoms with Gasteiger partial charge < -0.3 is 15.4 Å². The van der Waals surface area contributed by atoms with Crippen LogP contribution in [0.15, 0.2) is 16.9 Å². The van der Waals surface area contributed by atoms with E-state index in [1.807, 2.05) is 13.0 Å². The molecule has 1 aromatic rings. The molecule has 0 spiro atoms. The topological polar surface area (TPSA) is 63.2 Å². The molecule has 1 rings (SSSR count). The lowest BCUT2D eigenvalue weighted by molar-refractivity contribution is -0.115. The lowest BCUT2D eigenvalue weighted by atomic mass is 10.3. The molecule has 1 aromatic heterocycles. The van der Waals surface area contributed by atoms with Crippen molar-refractivity contribution in [3.05, 3.63) is 22.4 Å². The lowest BCUT2D eigenvalue weighted by Crippen LogP contribution is -2.30. The van der Waals surface area contributed by atoms with Crippen molar-refractivity contribution in [1.82, 2.24) is 10.3 Å². The van der Waals surface area contributed by atoms with Crippen molar-refractivity contribution in [3.8, 4) is 0 Å². The SMILES string of the molecule is COCCNCC(=O)Nc1cnc(Br)c(C)c1. The number of anilines is 1. The first-order valence-electron chi connectivity index (χ1n) is 5.25. The van der Waals surface area contributed by atoms with Gasteiger partial charge in [0.2, 0.25) is 5.91 Å². The summed E-state index contributed by atoms with van der Waals surface area (Å²) in [7, 11) is 1.62. The summed E-state index contributed by atoms with van der Waals surface area (Å²) in [6.45, 7) is 3.43. The number of aryl methyl sites for hydroxylation is 1. The minimum atomic E-state index is -0.0929. The largest absolute Gasteiger partial charge is 0.383 e. The molecule has 94 valence electrons. The van der Waals surface area contributed by atoms with Crippen molar-refractivity contribution in [3.63, 3.8) is 0 Å². The van der Waals surface area contributed by atoms with E-state index in [2.05, 4.69) is 31.5 Å². The third-order valence-corrected chi connectivity index (χ3v) is 2.90. The van der Waals surface area contributed by atoms with Crippen molar-refractivity contribution >= 4 is 27.5 Å². The summed E-state index contributed by atoms with van der Waals surface area (Å²) in [6.07, 6.45) is 1.62. The number of hydrogen-bond acceptors (Lipinski definition) is 4. The van der Waals surface area contributed by atoms with Crippen LogP contribution < -0.4 is 10.6 Å². The highest BCUT2D eigenvalue weighted by molar-refractivity contribution is 9.10. The van der Waals surface area contributed by atoms with Crippen LogP contribution >= 0.6 is 15.9 Å². The van der Waals surface area contributed by atoms with Gasteiger partial charge in [0.05, 0.1) is 25.0 Å². The van der Waals surface area contributed by atoms with Crippen LogP contribution in [0.2, 0.25) is 0 Å². The molecule has 0 saturated carbocycles. The molecule has 0 saturated heterocycles. The zero-order chi connectivity index (χ0) is 12.7. The van der Waals surface area contributed by atoms with Crippen molar-refractivity contribution in [2.24, 2.45) is 0 Å². The fourth-order valence-corrected chi connectivity index (χ4v) is 1.42. The van der Waals surface area contributed by atoms with E-state index < -0.39 is 0 Å². The van der Waals surface area contributed by atoms with Gasteiger partial charge >= 0.3 is 0 Å². The molecule has 0 aromatic carbocycles. The van der Waals surface area contributed by atoms with Gasteiger partial charge in [-0.1, -0.05) is 0 Å². The zero-order valence-electron chi connectivity index (χ0n) is 9.92. The van der Waals surface area contributed by atoms with E-state index in [0.29, 0.717) is 18.8 Å². The summed E-state index contributed by atoms with van der Waals surface area (Å²) in [5.41, 5.74) is 1.68. The predicted molar refractivity (Wildman–Crippen MR) is 70.0 cm³/mol. The summed E-state index contributed by atoms with van der Waals surface area (Å²) < 4.78 is 5.65. The molecule has 0 aliphatic heterocycles. The summed E-state index contributed by atoms with van der Waals surface area (Å²) in [5.74, 6) is -0.0929. The molecule has 2 N–H and O–H groups in total. The number of halogens is 1. The second-order valence-corrected chi connectivity index (χ2v) is 4.30. The highest BCUT2D eigenvalue weighted by Crippen LogP contribution is 2.16. The number of hydrogen-bond donors (Lipinski definition) is 2. The number of amides is 1. The Hall–Kier alpha value is -0.980. The van der Waals surface area contributed by atoms with Crippen LogP contribution in [-0.4, -0.2) is 37.7 Å². The average molecular weight is 302 g/mol. The van der Waals surface area contributed by atoms with Crippen molar-refractivity contribution in [2.45, 2.75) is 6.92 Å². The standard InChI is InChI=1S/C11H16BrN3O2/c1-8-5-9(6-14-11(8)12)15-10(16)7-13-3-4-17-2/h5-6,13H,3-4,7H2,1-2H3,(H,15,16). The van der Waals surface area contributed by atoms with Crippen LogP contribution in [0.3, 0.4) is 0 Å². The normalized spacial score (nSPS) is 10.3. The molecule has 1 amide bonds. The third-order valence-electron chi connectivity index (χ3n) is 2.07. The number of rotatable bonds is 6. The Bertz CT molecular complexity index is 385. The highest BCUT2D eigenvalue weighted by Gasteiger charge is 2.03. The summed E-state index contributed by atoms with van der Waals surface area (Å²) in [6, 6.07) is 1.87. The van der Waals surface area contributed by atoms with Crippen LogP contribution in [-0.2, 0) is 9.53 Å². The summed E-state index contributed by atoms with van der Waals surface area (Å²) in [4.78, 5) is 15.6. The molecule has 5 nitrogen and oxygen atoms in total. The molecule has 17 heavy (non-hydrogen) atoms. The zero-order valence-corrected chi connectivity index (χ0v) is 11.5. The second kappa shape index (κ2) is 7.37. The van der Waals surface area contributed by atoms with E-state index in [0.717, 1.165) is 10.2 Å². The fraction of sp³-hybridized carbons (Fsp3) is 0.455. The Labute approximate surface area is 109 Å². The Kier molecular flexibility index (Phi) is 6.10. The van der Waals surface area contributed by atoms with Gasteiger partial charge in [0, 0.05) is 13.7 Å². The first-order valence-corrected chi connectivity index (χ1v) is 6.04. The molecule has 0 unspecified atom stereocenters. The molecule has 0 fully saturated rings. The van der Waals surface area contributed by atoms with Gasteiger partial charge in [-0.15, -0.1) is 0 Å². The minimum Gasteiger partial charge on any atom is -0.383 e. The number of carbonyl (C=O) groups is 1. The number of aromatic nitrogens is 1. The maximum Gasteiger partial charge on any atom is 0.238 e. The van der Waals surface area contributed by atoms with Crippen molar-refractivity contribution in [1.29, 1.82) is 0 Å². The first-order chi connectivity index (χ1) is 8.13. The van der Waals surface area contributed by atoms with Gasteiger partial charge in [-0.05, 0) is 34.5 Å². The number of pyridine rings is 1. The van der Waals surface area contributed by atoms with Crippen molar-refractivity contribution < 1.29 is 9.53 Å². The van der Waals surface area contributed by atoms with Gasteiger partial charge in [0.15, 0.2) is 0 Å².